The van der Waals surface area contributed by atoms with Gasteiger partial charge >= 0.3 is 6.09 Å². The summed E-state index contributed by atoms with van der Waals surface area (Å²) in [5.74, 6) is -0.295. The third-order valence-electron chi connectivity index (χ3n) is 3.76. The predicted molar refractivity (Wildman–Crippen MR) is 114 cm³/mol. The molecule has 1 aromatic carbocycles. The van der Waals surface area contributed by atoms with Crippen molar-refractivity contribution in [3.8, 4) is 0 Å². The number of carbonyl (C=O) groups excluding carboxylic acids is 1. The van der Waals surface area contributed by atoms with Gasteiger partial charge in [0.1, 0.15) is 15.6 Å². The largest absolute Gasteiger partial charge is 0.444 e. The van der Waals surface area contributed by atoms with E-state index in [0.29, 0.717) is 12.1 Å². The molecule has 0 aliphatic heterocycles. The zero-order valence-electron chi connectivity index (χ0n) is 17.5. The van der Waals surface area contributed by atoms with E-state index in [1.165, 1.54) is 24.3 Å². The number of carbonyl (C=O) groups is 1. The van der Waals surface area contributed by atoms with E-state index >= 15 is 0 Å². The number of hydrogen-bond acceptors (Lipinski definition) is 6. The van der Waals surface area contributed by atoms with Gasteiger partial charge in [-0.05, 0) is 51.5 Å². The molecule has 0 heterocycles. The van der Waals surface area contributed by atoms with Crippen LogP contribution in [0.1, 0.15) is 66.2 Å². The van der Waals surface area contributed by atoms with E-state index in [4.69, 9.17) is 4.74 Å². The highest BCUT2D eigenvalue weighted by molar-refractivity contribution is 8.12. The summed E-state index contributed by atoms with van der Waals surface area (Å²) in [6.07, 6.45) is 4.57. The fourth-order valence-electron chi connectivity index (χ4n) is 2.43. The Hall–Kier alpha value is -1.65. The maximum atomic E-state index is 12.3. The molecule has 0 spiro atoms. The number of amides is 1. The Morgan fingerprint density at radius 2 is 1.52 bits per heavy atom. The first kappa shape index (κ1) is 25.4. The zero-order chi connectivity index (χ0) is 22.1. The number of benzene rings is 1. The maximum absolute atomic E-state index is 12.3. The number of anilines is 1. The van der Waals surface area contributed by atoms with Crippen molar-refractivity contribution in [1.82, 2.24) is 0 Å². The van der Waals surface area contributed by atoms with E-state index in [0.717, 1.165) is 32.1 Å². The van der Waals surface area contributed by atoms with Gasteiger partial charge in [0.05, 0.1) is 10.0 Å². The first-order chi connectivity index (χ1) is 13.3. The van der Waals surface area contributed by atoms with Crippen molar-refractivity contribution in [3.05, 3.63) is 28.4 Å². The summed E-state index contributed by atoms with van der Waals surface area (Å²) in [7, 11) is -8.43. The lowest BCUT2D eigenvalue weighted by atomic mass is 10.1. The van der Waals surface area contributed by atoms with E-state index in [9.17, 15) is 21.6 Å². The monoisotopic (exact) mass is 447 g/mol. The van der Waals surface area contributed by atoms with E-state index in [2.05, 4.69) is 16.4 Å². The number of sulfonamides is 2. The molecule has 0 saturated carbocycles. The molecule has 1 amide bonds. The van der Waals surface area contributed by atoms with Crippen LogP contribution in [0.4, 0.5) is 10.5 Å². The Balaban J connectivity index is 2.64. The minimum atomic E-state index is -4.35. The zero-order valence-corrected chi connectivity index (χ0v) is 19.1. The molecule has 0 aliphatic carbocycles. The van der Waals surface area contributed by atoms with Gasteiger partial charge in [-0.15, -0.1) is 0 Å². The highest BCUT2D eigenvalue weighted by Crippen LogP contribution is 2.23. The fourth-order valence-corrected chi connectivity index (χ4v) is 5.31. The molecule has 8 nitrogen and oxygen atoms in total. The molecule has 29 heavy (non-hydrogen) atoms. The van der Waals surface area contributed by atoms with Gasteiger partial charge in [0.15, 0.2) is 0 Å². The number of nitrogens with one attached hydrogen (secondary N) is 1. The number of ether oxygens (including phenoxy) is 1. The minimum absolute atomic E-state index is 0.265. The van der Waals surface area contributed by atoms with Crippen LogP contribution in [0.15, 0.2) is 29.2 Å². The van der Waals surface area contributed by atoms with Crippen LogP contribution in [0.2, 0.25) is 0 Å². The molecule has 0 radical (unpaired) electrons. The van der Waals surface area contributed by atoms with E-state index in [1.54, 1.807) is 20.8 Å². The van der Waals surface area contributed by atoms with Crippen LogP contribution in [0.25, 0.3) is 4.13 Å². The summed E-state index contributed by atoms with van der Waals surface area (Å²) in [6, 6.07) is 5.05. The minimum Gasteiger partial charge on any atom is -0.444 e. The lowest BCUT2D eigenvalue weighted by Gasteiger charge is -2.21. The van der Waals surface area contributed by atoms with E-state index < -0.39 is 31.7 Å². The van der Waals surface area contributed by atoms with Gasteiger partial charge in [0, 0.05) is 16.3 Å². The summed E-state index contributed by atoms with van der Waals surface area (Å²) < 4.78 is 56.9. The second-order valence-corrected chi connectivity index (χ2v) is 11.3. The van der Waals surface area contributed by atoms with Crippen LogP contribution in [-0.2, 0) is 24.8 Å². The molecule has 10 heteroatoms. The van der Waals surface area contributed by atoms with Crippen molar-refractivity contribution >= 4 is 31.8 Å². The van der Waals surface area contributed by atoms with Crippen molar-refractivity contribution < 1.29 is 26.4 Å². The lowest BCUT2D eigenvalue weighted by molar-refractivity contribution is 0.0636. The highest BCUT2D eigenvalue weighted by atomic mass is 32.3. The third-order valence-corrected chi connectivity index (χ3v) is 7.13. The molecular weight excluding hydrogens is 416 g/mol. The molecule has 0 bridgehead atoms. The molecule has 1 rings (SSSR count). The van der Waals surface area contributed by atoms with Gasteiger partial charge in [-0.1, -0.05) is 39.0 Å². The SMILES string of the molecule is CCCCCCCCS(=O)(=O)[N-]S(=O)(=O)c1ccc(NC(=O)OC(C)(C)C)cc1. The average molecular weight is 448 g/mol. The molecule has 0 aromatic heterocycles. The Morgan fingerprint density at radius 3 is 2.07 bits per heavy atom. The van der Waals surface area contributed by atoms with Gasteiger partial charge < -0.3 is 8.86 Å². The predicted octanol–water partition coefficient (Wildman–Crippen LogP) is 4.79. The first-order valence-electron chi connectivity index (χ1n) is 9.67. The van der Waals surface area contributed by atoms with Crippen LogP contribution in [-0.4, -0.2) is 34.3 Å². The van der Waals surface area contributed by atoms with E-state index in [1.807, 2.05) is 0 Å². The van der Waals surface area contributed by atoms with Crippen LogP contribution in [0.3, 0.4) is 0 Å². The van der Waals surface area contributed by atoms with Gasteiger partial charge in [0.25, 0.3) is 0 Å². The Bertz CT molecular complexity index is 857. The smallest absolute Gasteiger partial charge is 0.412 e. The summed E-state index contributed by atoms with van der Waals surface area (Å²) in [6.45, 7) is 7.24. The highest BCUT2D eigenvalue weighted by Gasteiger charge is 2.16. The van der Waals surface area contributed by atoms with Gasteiger partial charge in [-0.25, -0.2) is 21.6 Å². The summed E-state index contributed by atoms with van der Waals surface area (Å²) in [5, 5.41) is 2.47. The lowest BCUT2D eigenvalue weighted by Crippen LogP contribution is -2.27. The summed E-state index contributed by atoms with van der Waals surface area (Å²) in [5.41, 5.74) is -0.357. The molecule has 0 aliphatic rings. The number of unbranched alkanes of at least 4 members (excludes halogenated alkanes) is 5. The van der Waals surface area contributed by atoms with Gasteiger partial charge in [0.2, 0.25) is 0 Å². The second-order valence-electron chi connectivity index (χ2n) is 7.75. The van der Waals surface area contributed by atoms with Gasteiger partial charge in [-0.3, -0.25) is 5.32 Å². The molecule has 0 saturated heterocycles. The van der Waals surface area contributed by atoms with Crippen LogP contribution in [0, 0.1) is 0 Å². The van der Waals surface area contributed by atoms with Crippen LogP contribution < -0.4 is 5.32 Å². The maximum Gasteiger partial charge on any atom is 0.412 e. The molecule has 1 N–H and O–H groups in total. The third kappa shape index (κ3) is 10.6. The van der Waals surface area contributed by atoms with Crippen molar-refractivity contribution in [1.29, 1.82) is 0 Å². The number of hydrogen-bond donors (Lipinski definition) is 1. The Kier molecular flexibility index (Phi) is 9.57. The topological polar surface area (TPSA) is 121 Å². The van der Waals surface area contributed by atoms with Crippen LogP contribution >= 0.6 is 0 Å². The molecule has 1 aromatic rings. The van der Waals surface area contributed by atoms with Crippen molar-refractivity contribution in [2.24, 2.45) is 0 Å². The molecule has 0 unspecified atom stereocenters. The quantitative estimate of drug-likeness (QED) is 0.487. The molecule has 0 atom stereocenters. The molecule has 0 fully saturated rings. The average Bonchev–Trinajstić information content (AvgIpc) is 2.55. The second kappa shape index (κ2) is 10.9. The first-order valence-corrected chi connectivity index (χ1v) is 12.7. The molecule has 166 valence electrons. The van der Waals surface area contributed by atoms with Crippen molar-refractivity contribution in [2.75, 3.05) is 11.1 Å². The fraction of sp³-hybridized carbons (Fsp3) is 0.632. The number of nitrogens with zero attached hydrogens (tertiary/aromatic N) is 1. The van der Waals surface area contributed by atoms with E-state index in [-0.39, 0.29) is 10.6 Å². The van der Waals surface area contributed by atoms with Gasteiger partial charge in [-0.2, -0.15) is 0 Å². The standard InChI is InChI=1S/C19H31N2O6S2/c1-5-6-7-8-9-10-15-28(23,24)21-29(25,26)17-13-11-16(12-14-17)20-18(22)27-19(2,3)4/h11-14H,5-10,15H2,1-4H3,(H,20,22)/q-1. The summed E-state index contributed by atoms with van der Waals surface area (Å²) in [4.78, 5) is 11.5. The Labute approximate surface area is 174 Å². The van der Waals surface area contributed by atoms with Crippen LogP contribution in [0.5, 0.6) is 0 Å². The normalized spacial score (nSPS) is 12.6. The van der Waals surface area contributed by atoms with Crippen molar-refractivity contribution in [2.45, 2.75) is 76.7 Å². The summed E-state index contributed by atoms with van der Waals surface area (Å²) >= 11 is 0. The van der Waals surface area contributed by atoms with Crippen molar-refractivity contribution in [3.63, 3.8) is 0 Å². The Morgan fingerprint density at radius 1 is 0.966 bits per heavy atom. The molecular formula is C19H31N2O6S2-. The number of rotatable bonds is 11.